The zero-order valence-corrected chi connectivity index (χ0v) is 18.0. The van der Waals surface area contributed by atoms with Crippen LogP contribution in [0, 0.1) is 0 Å². The van der Waals surface area contributed by atoms with Crippen LogP contribution in [0.3, 0.4) is 0 Å². The number of aliphatic hydroxyl groups excluding tert-OH is 1. The van der Waals surface area contributed by atoms with Gasteiger partial charge in [-0.1, -0.05) is 36.4 Å². The fourth-order valence-corrected chi connectivity index (χ4v) is 3.88. The zero-order chi connectivity index (χ0) is 22.3. The van der Waals surface area contributed by atoms with Crippen LogP contribution in [0.5, 0.6) is 0 Å². The van der Waals surface area contributed by atoms with Gasteiger partial charge in [0.25, 0.3) is 5.91 Å². The number of fused-ring (bicyclic) bond motifs is 1. The second kappa shape index (κ2) is 10.2. The molecule has 0 aliphatic rings. The van der Waals surface area contributed by atoms with Gasteiger partial charge in [0.1, 0.15) is 11.9 Å². The molecule has 0 aliphatic heterocycles. The average Bonchev–Trinajstić information content (AvgIpc) is 3.45. The maximum Gasteiger partial charge on any atom is 0.268 e. The van der Waals surface area contributed by atoms with E-state index in [4.69, 9.17) is 5.73 Å². The van der Waals surface area contributed by atoms with E-state index in [9.17, 15) is 9.90 Å². The molecule has 7 nitrogen and oxygen atoms in total. The minimum Gasteiger partial charge on any atom is -0.385 e. The van der Waals surface area contributed by atoms with Crippen molar-refractivity contribution >= 4 is 22.5 Å². The van der Waals surface area contributed by atoms with Crippen molar-refractivity contribution in [1.29, 1.82) is 0 Å². The van der Waals surface area contributed by atoms with Gasteiger partial charge in [-0.2, -0.15) is 0 Å². The molecular weight excluding hydrogens is 402 g/mol. The molecule has 2 heterocycles. The van der Waals surface area contributed by atoms with E-state index in [1.807, 2.05) is 6.07 Å². The molecule has 166 valence electrons. The third kappa shape index (κ3) is 5.36. The van der Waals surface area contributed by atoms with Gasteiger partial charge in [-0.05, 0) is 54.8 Å². The molecule has 4 aromatic rings. The molecule has 4 rings (SSSR count). The minimum atomic E-state index is -0.737. The molecule has 7 heteroatoms. The molecule has 1 atom stereocenters. The fourth-order valence-electron chi connectivity index (χ4n) is 3.88. The number of aryl methyl sites for hydroxylation is 2. The highest BCUT2D eigenvalue weighted by atomic mass is 16.3. The van der Waals surface area contributed by atoms with E-state index in [1.165, 1.54) is 33.6 Å². The maximum absolute atomic E-state index is 11.2. The summed E-state index contributed by atoms with van der Waals surface area (Å²) in [7, 11) is 0. The Morgan fingerprint density at radius 3 is 2.75 bits per heavy atom. The van der Waals surface area contributed by atoms with Gasteiger partial charge < -0.3 is 25.3 Å². The molecule has 0 radical (unpaired) electrons. The molecule has 2 aromatic carbocycles. The quantitative estimate of drug-likeness (QED) is 0.313. The van der Waals surface area contributed by atoms with Gasteiger partial charge in [-0.25, -0.2) is 4.98 Å². The van der Waals surface area contributed by atoms with Gasteiger partial charge >= 0.3 is 0 Å². The van der Waals surface area contributed by atoms with Crippen LogP contribution in [0.1, 0.15) is 41.5 Å². The van der Waals surface area contributed by atoms with E-state index in [-0.39, 0.29) is 5.69 Å². The smallest absolute Gasteiger partial charge is 0.268 e. The van der Waals surface area contributed by atoms with Crippen LogP contribution in [0.2, 0.25) is 0 Å². The number of hydrogen-bond acceptors (Lipinski definition) is 4. The van der Waals surface area contributed by atoms with Crippen LogP contribution in [-0.4, -0.2) is 31.7 Å². The van der Waals surface area contributed by atoms with Gasteiger partial charge in [0, 0.05) is 31.2 Å². The third-order valence-corrected chi connectivity index (χ3v) is 5.65. The molecule has 0 aliphatic carbocycles. The number of imidazole rings is 1. The molecule has 1 amide bonds. The monoisotopic (exact) mass is 431 g/mol. The molecule has 1 unspecified atom stereocenters. The zero-order valence-electron chi connectivity index (χ0n) is 18.0. The molecule has 0 saturated heterocycles. The summed E-state index contributed by atoms with van der Waals surface area (Å²) in [5.74, 6) is -0.598. The normalized spacial score (nSPS) is 12.2. The molecule has 0 saturated carbocycles. The van der Waals surface area contributed by atoms with Crippen LogP contribution in [0.15, 0.2) is 73.3 Å². The Kier molecular flexibility index (Phi) is 6.87. The second-order valence-corrected chi connectivity index (χ2v) is 7.99. The topological polar surface area (TPSA) is 98.1 Å². The van der Waals surface area contributed by atoms with Gasteiger partial charge in [-0.15, -0.1) is 0 Å². The summed E-state index contributed by atoms with van der Waals surface area (Å²) in [4.78, 5) is 15.1. The number of aliphatic hydroxyl groups is 1. The highest BCUT2D eigenvalue weighted by Gasteiger charge is 2.11. The predicted molar refractivity (Wildman–Crippen MR) is 126 cm³/mol. The Labute approximate surface area is 187 Å². The number of nitrogens with zero attached hydrogens (tertiary/aromatic N) is 3. The Morgan fingerprint density at radius 1 is 1.12 bits per heavy atom. The van der Waals surface area contributed by atoms with Gasteiger partial charge in [0.05, 0.1) is 11.8 Å². The van der Waals surface area contributed by atoms with E-state index in [0.717, 1.165) is 38.0 Å². The molecule has 4 N–H and O–H groups in total. The summed E-state index contributed by atoms with van der Waals surface area (Å²) in [6.07, 6.45) is 7.73. The van der Waals surface area contributed by atoms with Crippen molar-refractivity contribution in [3.8, 4) is 0 Å². The number of carbonyl (C=O) groups is 1. The minimum absolute atomic E-state index is 0.157. The van der Waals surface area contributed by atoms with E-state index in [1.54, 1.807) is 0 Å². The van der Waals surface area contributed by atoms with Crippen LogP contribution in [0.4, 0.5) is 5.69 Å². The molecular formula is C25H29N5O2. The SMILES string of the molecule is NC(=O)c1cn(C(O)CCCn2ccc3ccc(NCCCc4ccccc4)cc32)cn1. The van der Waals surface area contributed by atoms with Crippen molar-refractivity contribution in [2.24, 2.45) is 5.73 Å². The summed E-state index contributed by atoms with van der Waals surface area (Å²) in [6, 6.07) is 19.1. The highest BCUT2D eigenvalue weighted by Crippen LogP contribution is 2.22. The summed E-state index contributed by atoms with van der Waals surface area (Å²) in [6.45, 7) is 1.71. The van der Waals surface area contributed by atoms with Crippen LogP contribution in [0.25, 0.3) is 10.9 Å². The summed E-state index contributed by atoms with van der Waals surface area (Å²) in [5, 5.41) is 15.1. The molecule has 2 aromatic heterocycles. The second-order valence-electron chi connectivity index (χ2n) is 7.99. The Bertz CT molecular complexity index is 1170. The standard InChI is InChI=1S/C25H29N5O2/c26-25(32)22-17-30(18-28-22)24(31)9-5-14-29-15-12-20-10-11-21(16-23(20)29)27-13-4-8-19-6-2-1-3-7-19/h1-3,6-7,10-12,15-18,24,27,31H,4-5,8-9,13-14H2,(H2,26,32). The lowest BCUT2D eigenvalue weighted by Gasteiger charge is -2.13. The number of anilines is 1. The number of nitrogens with two attached hydrogens (primary N) is 1. The Morgan fingerprint density at radius 2 is 1.97 bits per heavy atom. The van der Waals surface area contributed by atoms with Crippen molar-refractivity contribution in [2.45, 2.75) is 38.5 Å². The van der Waals surface area contributed by atoms with Crippen LogP contribution in [-0.2, 0) is 13.0 Å². The maximum atomic E-state index is 11.2. The van der Waals surface area contributed by atoms with Gasteiger partial charge in [0.15, 0.2) is 0 Å². The average molecular weight is 432 g/mol. The number of hydrogen-bond donors (Lipinski definition) is 3. The predicted octanol–water partition coefficient (Wildman–Crippen LogP) is 3.95. The highest BCUT2D eigenvalue weighted by molar-refractivity contribution is 5.90. The number of primary amides is 1. The molecule has 32 heavy (non-hydrogen) atoms. The van der Waals surface area contributed by atoms with E-state index in [2.05, 4.69) is 69.6 Å². The molecule has 0 spiro atoms. The molecule has 0 fully saturated rings. The van der Waals surface area contributed by atoms with Gasteiger partial charge in [-0.3, -0.25) is 4.79 Å². The first-order chi connectivity index (χ1) is 15.6. The number of aromatic nitrogens is 3. The third-order valence-electron chi connectivity index (χ3n) is 5.65. The summed E-state index contributed by atoms with van der Waals surface area (Å²) < 4.78 is 3.73. The number of carbonyl (C=O) groups excluding carboxylic acids is 1. The lowest BCUT2D eigenvalue weighted by Crippen LogP contribution is -2.12. The van der Waals surface area contributed by atoms with Crippen molar-refractivity contribution in [1.82, 2.24) is 14.1 Å². The Balaban J connectivity index is 1.29. The molecule has 0 bridgehead atoms. The number of rotatable bonds is 11. The first-order valence-electron chi connectivity index (χ1n) is 11.0. The number of benzene rings is 2. The van der Waals surface area contributed by atoms with Crippen molar-refractivity contribution in [3.05, 3.63) is 84.6 Å². The van der Waals surface area contributed by atoms with Crippen molar-refractivity contribution in [3.63, 3.8) is 0 Å². The van der Waals surface area contributed by atoms with Gasteiger partial charge in [0.2, 0.25) is 0 Å². The van der Waals surface area contributed by atoms with E-state index in [0.29, 0.717) is 6.42 Å². The Hall–Kier alpha value is -3.58. The summed E-state index contributed by atoms with van der Waals surface area (Å²) in [5.41, 5.74) is 9.02. The van der Waals surface area contributed by atoms with Crippen molar-refractivity contribution < 1.29 is 9.90 Å². The first kappa shape index (κ1) is 21.6. The first-order valence-corrected chi connectivity index (χ1v) is 11.0. The number of nitrogens with one attached hydrogen (secondary N) is 1. The number of amides is 1. The lowest BCUT2D eigenvalue weighted by molar-refractivity contribution is 0.0905. The lowest BCUT2D eigenvalue weighted by atomic mass is 10.1. The van der Waals surface area contributed by atoms with Crippen molar-refractivity contribution in [2.75, 3.05) is 11.9 Å². The van der Waals surface area contributed by atoms with Crippen LogP contribution >= 0.6 is 0 Å². The van der Waals surface area contributed by atoms with Crippen LogP contribution < -0.4 is 11.1 Å². The largest absolute Gasteiger partial charge is 0.385 e. The summed E-state index contributed by atoms with van der Waals surface area (Å²) >= 11 is 0. The fraction of sp³-hybridized carbons (Fsp3) is 0.280. The van der Waals surface area contributed by atoms with E-state index >= 15 is 0 Å². The van der Waals surface area contributed by atoms with E-state index < -0.39 is 12.1 Å².